The lowest BCUT2D eigenvalue weighted by Crippen LogP contribution is -2.41. The number of carbonyl (C=O) groups excluding carboxylic acids is 1. The lowest BCUT2D eigenvalue weighted by molar-refractivity contribution is -0.120. The van der Waals surface area contributed by atoms with Crippen molar-refractivity contribution >= 4 is 21.6 Å². The molecule has 2 aromatic carbocycles. The van der Waals surface area contributed by atoms with E-state index in [2.05, 4.69) is 5.32 Å². The molecule has 0 unspecified atom stereocenters. The zero-order chi connectivity index (χ0) is 18.7. The molecule has 3 rings (SSSR count). The minimum Gasteiger partial charge on any atom is -0.326 e. The molecule has 138 valence electrons. The Morgan fingerprint density at radius 1 is 1.00 bits per heavy atom. The molecule has 0 radical (unpaired) electrons. The molecule has 1 amide bonds. The number of carbonyl (C=O) groups is 1. The lowest BCUT2D eigenvalue weighted by atomic mass is 9.97. The van der Waals surface area contributed by atoms with Crippen LogP contribution < -0.4 is 5.32 Å². The van der Waals surface area contributed by atoms with Crippen molar-refractivity contribution in [3.05, 3.63) is 60.2 Å². The molecule has 1 N–H and O–H groups in total. The van der Waals surface area contributed by atoms with Gasteiger partial charge in [0, 0.05) is 30.8 Å². The summed E-state index contributed by atoms with van der Waals surface area (Å²) >= 11 is 0. The molecule has 2 aromatic rings. The molecule has 0 bridgehead atoms. The van der Waals surface area contributed by atoms with Crippen LogP contribution in [-0.4, -0.2) is 31.7 Å². The molecule has 5 nitrogen and oxygen atoms in total. The summed E-state index contributed by atoms with van der Waals surface area (Å²) in [6.45, 7) is 0.459. The van der Waals surface area contributed by atoms with Crippen LogP contribution in [0.15, 0.2) is 53.4 Å². The summed E-state index contributed by atoms with van der Waals surface area (Å²) in [7, 11) is -3.57. The number of nitrogens with one attached hydrogen (secondary N) is 1. The van der Waals surface area contributed by atoms with Crippen LogP contribution in [0.2, 0.25) is 0 Å². The van der Waals surface area contributed by atoms with Gasteiger partial charge >= 0.3 is 0 Å². The van der Waals surface area contributed by atoms with Crippen LogP contribution in [0.5, 0.6) is 0 Å². The van der Waals surface area contributed by atoms with E-state index in [1.807, 2.05) is 0 Å². The maximum atomic E-state index is 13.2. The molecule has 8 heteroatoms. The van der Waals surface area contributed by atoms with Crippen LogP contribution in [-0.2, 0) is 14.8 Å². The normalized spacial score (nSPS) is 16.4. The van der Waals surface area contributed by atoms with Crippen LogP contribution in [0.4, 0.5) is 14.5 Å². The summed E-state index contributed by atoms with van der Waals surface area (Å²) in [5, 5.41) is 2.55. The highest BCUT2D eigenvalue weighted by atomic mass is 32.2. The number of amides is 1. The number of sulfonamides is 1. The van der Waals surface area contributed by atoms with Gasteiger partial charge in [-0.1, -0.05) is 18.2 Å². The van der Waals surface area contributed by atoms with E-state index in [0.717, 1.165) is 12.1 Å². The number of nitrogens with zero attached hydrogens (tertiary/aromatic N) is 1. The summed E-state index contributed by atoms with van der Waals surface area (Å²) in [5.74, 6) is -2.73. The summed E-state index contributed by atoms with van der Waals surface area (Å²) in [5.41, 5.74) is 0.174. The smallest absolute Gasteiger partial charge is 0.243 e. The molecule has 0 spiro atoms. The fraction of sp³-hybridized carbons (Fsp3) is 0.278. The first kappa shape index (κ1) is 18.5. The second-order valence-corrected chi connectivity index (χ2v) is 8.05. The van der Waals surface area contributed by atoms with Gasteiger partial charge in [0.05, 0.1) is 4.90 Å². The van der Waals surface area contributed by atoms with E-state index in [4.69, 9.17) is 0 Å². The van der Waals surface area contributed by atoms with Gasteiger partial charge in [0.15, 0.2) is 11.6 Å². The lowest BCUT2D eigenvalue weighted by Gasteiger charge is -2.30. The standard InChI is InChI=1S/C18H18F2N2O3S/c19-16-7-6-14(12-17(16)20)21-18(23)13-8-10-22(11-9-13)26(24,25)15-4-2-1-3-5-15/h1-7,12-13H,8-11H2,(H,21,23). The number of hydrogen-bond donors (Lipinski definition) is 1. The van der Waals surface area contributed by atoms with Gasteiger partial charge in [-0.05, 0) is 37.1 Å². The molecule has 0 saturated carbocycles. The Balaban J connectivity index is 1.61. The van der Waals surface area contributed by atoms with Crippen molar-refractivity contribution < 1.29 is 22.0 Å². The van der Waals surface area contributed by atoms with Crippen molar-refractivity contribution in [2.24, 2.45) is 5.92 Å². The third-order valence-electron chi connectivity index (χ3n) is 4.39. The second kappa shape index (κ2) is 7.51. The van der Waals surface area contributed by atoms with E-state index in [1.54, 1.807) is 18.2 Å². The molecular formula is C18H18F2N2O3S. The largest absolute Gasteiger partial charge is 0.326 e. The van der Waals surface area contributed by atoms with Crippen LogP contribution in [0.1, 0.15) is 12.8 Å². The average molecular weight is 380 g/mol. The van der Waals surface area contributed by atoms with Crippen molar-refractivity contribution in [2.45, 2.75) is 17.7 Å². The second-order valence-electron chi connectivity index (χ2n) is 6.11. The van der Waals surface area contributed by atoms with E-state index in [-0.39, 0.29) is 35.5 Å². The van der Waals surface area contributed by atoms with Crippen LogP contribution in [0.25, 0.3) is 0 Å². The maximum absolute atomic E-state index is 13.2. The van der Waals surface area contributed by atoms with Gasteiger partial charge in [-0.2, -0.15) is 4.31 Å². The minimum absolute atomic E-state index is 0.174. The molecule has 1 aliphatic heterocycles. The number of halogens is 2. The molecule has 1 saturated heterocycles. The Morgan fingerprint density at radius 3 is 2.27 bits per heavy atom. The van der Waals surface area contributed by atoms with E-state index < -0.39 is 21.7 Å². The molecule has 0 atom stereocenters. The van der Waals surface area contributed by atoms with Crippen molar-refractivity contribution in [2.75, 3.05) is 18.4 Å². The molecule has 1 heterocycles. The Kier molecular flexibility index (Phi) is 5.33. The van der Waals surface area contributed by atoms with Gasteiger partial charge in [-0.15, -0.1) is 0 Å². The molecule has 26 heavy (non-hydrogen) atoms. The van der Waals surface area contributed by atoms with E-state index in [9.17, 15) is 22.0 Å². The first-order valence-electron chi connectivity index (χ1n) is 8.19. The quantitative estimate of drug-likeness (QED) is 0.887. The summed E-state index contributed by atoms with van der Waals surface area (Å²) < 4.78 is 52.7. The van der Waals surface area contributed by atoms with Gasteiger partial charge in [0.25, 0.3) is 0 Å². The van der Waals surface area contributed by atoms with Gasteiger partial charge in [-0.3, -0.25) is 4.79 Å². The highest BCUT2D eigenvalue weighted by molar-refractivity contribution is 7.89. The topological polar surface area (TPSA) is 66.5 Å². The van der Waals surface area contributed by atoms with Crippen molar-refractivity contribution in [3.8, 4) is 0 Å². The first-order valence-corrected chi connectivity index (χ1v) is 9.63. The average Bonchev–Trinajstić information content (AvgIpc) is 2.65. The van der Waals surface area contributed by atoms with Crippen molar-refractivity contribution in [1.82, 2.24) is 4.31 Å². The zero-order valence-corrected chi connectivity index (χ0v) is 14.7. The SMILES string of the molecule is O=C(Nc1ccc(F)c(F)c1)C1CCN(S(=O)(=O)c2ccccc2)CC1. The van der Waals surface area contributed by atoms with Gasteiger partial charge in [0.2, 0.25) is 15.9 Å². The maximum Gasteiger partial charge on any atom is 0.243 e. The zero-order valence-electron chi connectivity index (χ0n) is 13.9. The van der Waals surface area contributed by atoms with Gasteiger partial charge < -0.3 is 5.32 Å². The van der Waals surface area contributed by atoms with Gasteiger partial charge in [0.1, 0.15) is 0 Å². The molecule has 0 aliphatic carbocycles. The Morgan fingerprint density at radius 2 is 1.65 bits per heavy atom. The third kappa shape index (κ3) is 3.91. The van der Waals surface area contributed by atoms with Crippen LogP contribution in [0.3, 0.4) is 0 Å². The minimum atomic E-state index is -3.57. The predicted octanol–water partition coefficient (Wildman–Crippen LogP) is 3.00. The summed E-state index contributed by atoms with van der Waals surface area (Å²) in [6.07, 6.45) is 0.725. The molecular weight excluding hydrogens is 362 g/mol. The number of benzene rings is 2. The fourth-order valence-electron chi connectivity index (χ4n) is 2.92. The Bertz CT molecular complexity index is 896. The number of anilines is 1. The number of hydrogen-bond acceptors (Lipinski definition) is 3. The first-order chi connectivity index (χ1) is 12.4. The van der Waals surface area contributed by atoms with Gasteiger partial charge in [-0.25, -0.2) is 17.2 Å². The monoisotopic (exact) mass is 380 g/mol. The van der Waals surface area contributed by atoms with E-state index in [0.29, 0.717) is 12.8 Å². The molecule has 1 fully saturated rings. The highest BCUT2D eigenvalue weighted by Gasteiger charge is 2.32. The molecule has 0 aromatic heterocycles. The van der Waals surface area contributed by atoms with Crippen molar-refractivity contribution in [3.63, 3.8) is 0 Å². The number of rotatable bonds is 4. The third-order valence-corrected chi connectivity index (χ3v) is 6.31. The Hall–Kier alpha value is -2.32. The predicted molar refractivity (Wildman–Crippen MR) is 92.9 cm³/mol. The van der Waals surface area contributed by atoms with E-state index in [1.165, 1.54) is 22.5 Å². The number of piperidine rings is 1. The van der Waals surface area contributed by atoms with Crippen LogP contribution >= 0.6 is 0 Å². The highest BCUT2D eigenvalue weighted by Crippen LogP contribution is 2.25. The van der Waals surface area contributed by atoms with E-state index >= 15 is 0 Å². The summed E-state index contributed by atoms with van der Waals surface area (Å²) in [4.78, 5) is 12.5. The fourth-order valence-corrected chi connectivity index (χ4v) is 4.41. The van der Waals surface area contributed by atoms with Crippen LogP contribution in [0, 0.1) is 17.6 Å². The van der Waals surface area contributed by atoms with Crippen molar-refractivity contribution in [1.29, 1.82) is 0 Å². The molecule has 1 aliphatic rings. The Labute approximate surface area is 150 Å². The summed E-state index contributed by atoms with van der Waals surface area (Å²) in [6, 6.07) is 11.3.